The van der Waals surface area contributed by atoms with Crippen molar-refractivity contribution in [3.8, 4) is 0 Å². The van der Waals surface area contributed by atoms with E-state index in [-0.39, 0.29) is 31.1 Å². The van der Waals surface area contributed by atoms with Crippen molar-refractivity contribution in [2.45, 2.75) is 106 Å². The summed E-state index contributed by atoms with van der Waals surface area (Å²) in [4.78, 5) is 24.3. The normalized spacial score (nSPS) is 15.2. The van der Waals surface area contributed by atoms with Crippen LogP contribution in [0.25, 0.3) is 11.0 Å². The third-order valence-electron chi connectivity index (χ3n) is 5.80. The molecule has 1 aromatic heterocycles. The van der Waals surface area contributed by atoms with Crippen molar-refractivity contribution in [1.82, 2.24) is 0 Å². The lowest BCUT2D eigenvalue weighted by atomic mass is 9.93. The van der Waals surface area contributed by atoms with E-state index in [0.29, 0.717) is 18.8 Å². The van der Waals surface area contributed by atoms with Crippen LogP contribution in [0, 0.1) is 12.8 Å². The molecule has 0 aliphatic carbocycles. The number of esters is 2. The number of rotatable bonds is 11. The summed E-state index contributed by atoms with van der Waals surface area (Å²) in [7, 11) is 1.00. The van der Waals surface area contributed by atoms with Gasteiger partial charge in [0.1, 0.15) is 24.1 Å². The smallest absolute Gasteiger partial charge is 0.334 e. The summed E-state index contributed by atoms with van der Waals surface area (Å²) < 4.78 is 16.5. The topological polar surface area (TPSA) is 86.0 Å². The number of hydrogen-bond donors (Lipinski definition) is 1. The number of benzene rings is 1. The van der Waals surface area contributed by atoms with Gasteiger partial charge in [-0.1, -0.05) is 84.9 Å². The zero-order valence-corrected chi connectivity index (χ0v) is 24.4. The summed E-state index contributed by atoms with van der Waals surface area (Å²) in [5.74, 6) is 0.805. The van der Waals surface area contributed by atoms with Crippen molar-refractivity contribution in [3.63, 3.8) is 0 Å². The Bertz CT molecular complexity index is 921. The third kappa shape index (κ3) is 12.5. The first-order valence-electron chi connectivity index (χ1n) is 14.0. The number of aliphatic hydroxyl groups excluding tert-OH is 1. The van der Waals surface area contributed by atoms with Crippen molar-refractivity contribution in [3.05, 3.63) is 47.2 Å². The molecular formula is C31H50O6. The highest BCUT2D eigenvalue weighted by molar-refractivity contribution is 5.90. The first-order valence-corrected chi connectivity index (χ1v) is 14.0. The predicted octanol–water partition coefficient (Wildman–Crippen LogP) is 7.73. The minimum absolute atomic E-state index is 0.106. The van der Waals surface area contributed by atoms with Gasteiger partial charge in [-0.25, -0.2) is 4.79 Å². The number of aryl methyl sites for hydroxylation is 2. The Morgan fingerprint density at radius 3 is 2.38 bits per heavy atom. The molecule has 0 bridgehead atoms. The maximum atomic E-state index is 12.1. The molecule has 0 amide bonds. The lowest BCUT2D eigenvalue weighted by Gasteiger charge is -2.12. The largest absolute Gasteiger partial charge is 0.462 e. The molecule has 1 aromatic carbocycles. The van der Waals surface area contributed by atoms with Gasteiger partial charge in [-0.15, -0.1) is 0 Å². The summed E-state index contributed by atoms with van der Waals surface area (Å²) >= 11 is 0. The summed E-state index contributed by atoms with van der Waals surface area (Å²) in [6, 6.07) is 7.98. The summed E-state index contributed by atoms with van der Waals surface area (Å²) in [6.45, 7) is 14.5. The first kappa shape index (κ1) is 34.4. The SMILES string of the molecule is CC.CC.CCCC(C/C=C1\CC(COC(=O)CCc2cc3cc(C)ccc3o2)OC1=O)CCC.CO. The summed E-state index contributed by atoms with van der Waals surface area (Å²) in [6.07, 6.45) is 8.47. The van der Waals surface area contributed by atoms with E-state index < -0.39 is 0 Å². The van der Waals surface area contributed by atoms with E-state index in [1.54, 1.807) is 0 Å². The molecule has 6 heteroatoms. The maximum absolute atomic E-state index is 12.1. The van der Waals surface area contributed by atoms with E-state index in [0.717, 1.165) is 48.7 Å². The molecule has 210 valence electrons. The van der Waals surface area contributed by atoms with Gasteiger partial charge in [0, 0.05) is 30.9 Å². The van der Waals surface area contributed by atoms with Gasteiger partial charge in [-0.05, 0) is 37.5 Å². The number of furan rings is 1. The Balaban J connectivity index is 0.00000201. The number of cyclic esters (lactones) is 1. The minimum Gasteiger partial charge on any atom is -0.462 e. The van der Waals surface area contributed by atoms with E-state index in [1.165, 1.54) is 18.4 Å². The Labute approximate surface area is 224 Å². The van der Waals surface area contributed by atoms with Gasteiger partial charge in [0.05, 0.1) is 6.42 Å². The Morgan fingerprint density at radius 2 is 1.76 bits per heavy atom. The standard InChI is InChI=1S/C26H34O5.2C2H6.CH4O/c1-4-6-19(7-5-2)9-10-20-15-23(31-26(20)28)17-29-25(27)13-11-22-16-21-14-18(3)8-12-24(21)30-22;3*1-2/h8,10,12,14,16,19,23H,4-7,9,11,13,15,17H2,1-3H3;2*1-2H3;2H,1H3/b20-10+;;;. The van der Waals surface area contributed by atoms with Crippen LogP contribution in [-0.2, 0) is 25.5 Å². The van der Waals surface area contributed by atoms with Crippen LogP contribution >= 0.6 is 0 Å². The zero-order chi connectivity index (χ0) is 28.2. The van der Waals surface area contributed by atoms with Crippen LogP contribution in [0.3, 0.4) is 0 Å². The number of hydrogen-bond acceptors (Lipinski definition) is 6. The monoisotopic (exact) mass is 518 g/mol. The molecule has 1 atom stereocenters. The van der Waals surface area contributed by atoms with Crippen LogP contribution in [0.5, 0.6) is 0 Å². The van der Waals surface area contributed by atoms with Crippen molar-refractivity contribution in [1.29, 1.82) is 0 Å². The van der Waals surface area contributed by atoms with Gasteiger partial charge in [0.25, 0.3) is 0 Å². The lowest BCUT2D eigenvalue weighted by molar-refractivity contribution is -0.152. The van der Waals surface area contributed by atoms with Gasteiger partial charge < -0.3 is 19.0 Å². The van der Waals surface area contributed by atoms with E-state index in [9.17, 15) is 9.59 Å². The number of carbonyl (C=O) groups excluding carboxylic acids is 2. The van der Waals surface area contributed by atoms with Crippen molar-refractivity contribution in [2.24, 2.45) is 5.92 Å². The van der Waals surface area contributed by atoms with Gasteiger partial charge in [0.15, 0.2) is 0 Å². The van der Waals surface area contributed by atoms with Gasteiger partial charge in [-0.2, -0.15) is 0 Å². The van der Waals surface area contributed by atoms with Crippen molar-refractivity contribution >= 4 is 22.9 Å². The van der Waals surface area contributed by atoms with Crippen molar-refractivity contribution in [2.75, 3.05) is 13.7 Å². The minimum atomic E-state index is -0.382. The molecule has 1 aliphatic rings. The molecule has 3 rings (SSSR count). The Hall–Kier alpha value is -2.60. The molecule has 0 spiro atoms. The number of aliphatic hydroxyl groups is 1. The highest BCUT2D eigenvalue weighted by Gasteiger charge is 2.29. The zero-order valence-electron chi connectivity index (χ0n) is 24.4. The summed E-state index contributed by atoms with van der Waals surface area (Å²) in [5, 5.41) is 8.04. The third-order valence-corrected chi connectivity index (χ3v) is 5.80. The van der Waals surface area contributed by atoms with Crippen LogP contribution in [-0.4, -0.2) is 36.9 Å². The van der Waals surface area contributed by atoms with Crippen LogP contribution in [0.2, 0.25) is 0 Å². The average molecular weight is 519 g/mol. The fourth-order valence-corrected chi connectivity index (χ4v) is 4.19. The van der Waals surface area contributed by atoms with Crippen LogP contribution < -0.4 is 0 Å². The second-order valence-electron chi connectivity index (χ2n) is 8.58. The molecule has 2 heterocycles. The lowest BCUT2D eigenvalue weighted by Crippen LogP contribution is -2.18. The molecule has 1 unspecified atom stereocenters. The van der Waals surface area contributed by atoms with Crippen molar-refractivity contribution < 1.29 is 28.6 Å². The molecule has 37 heavy (non-hydrogen) atoms. The van der Waals surface area contributed by atoms with E-state index in [2.05, 4.69) is 19.9 Å². The first-order chi connectivity index (χ1) is 18.0. The Morgan fingerprint density at radius 1 is 1.11 bits per heavy atom. The number of fused-ring (bicyclic) bond motifs is 1. The maximum Gasteiger partial charge on any atom is 0.334 e. The number of carbonyl (C=O) groups is 2. The molecule has 0 radical (unpaired) electrons. The van der Waals surface area contributed by atoms with E-state index in [1.807, 2.05) is 58.9 Å². The molecular weight excluding hydrogens is 468 g/mol. The Kier molecular flexibility index (Phi) is 19.0. The number of allylic oxidation sites excluding steroid dienone is 1. The van der Waals surface area contributed by atoms with E-state index >= 15 is 0 Å². The summed E-state index contributed by atoms with van der Waals surface area (Å²) in [5.41, 5.74) is 2.71. The van der Waals surface area contributed by atoms with Crippen LogP contribution in [0.4, 0.5) is 0 Å². The molecule has 1 aliphatic heterocycles. The molecule has 2 aromatic rings. The van der Waals surface area contributed by atoms with Gasteiger partial charge in [-0.3, -0.25) is 4.79 Å². The van der Waals surface area contributed by atoms with Gasteiger partial charge >= 0.3 is 11.9 Å². The predicted molar refractivity (Wildman–Crippen MR) is 152 cm³/mol. The molecule has 1 saturated heterocycles. The molecule has 6 nitrogen and oxygen atoms in total. The quantitative estimate of drug-likeness (QED) is 0.242. The van der Waals surface area contributed by atoms with Crippen LogP contribution in [0.15, 0.2) is 40.3 Å². The second kappa shape index (κ2) is 20.5. The average Bonchev–Trinajstić information content (AvgIpc) is 3.50. The van der Waals surface area contributed by atoms with Gasteiger partial charge in [0.2, 0.25) is 0 Å². The highest BCUT2D eigenvalue weighted by Crippen LogP contribution is 2.25. The second-order valence-corrected chi connectivity index (χ2v) is 8.58. The fraction of sp³-hybridized carbons (Fsp3) is 0.613. The number of ether oxygens (including phenoxy) is 2. The highest BCUT2D eigenvalue weighted by atomic mass is 16.6. The fourth-order valence-electron chi connectivity index (χ4n) is 4.19. The van der Waals surface area contributed by atoms with Crippen LogP contribution in [0.1, 0.15) is 97.8 Å². The van der Waals surface area contributed by atoms with E-state index in [4.69, 9.17) is 19.0 Å². The molecule has 1 N–H and O–H groups in total. The molecule has 1 fully saturated rings. The molecule has 0 saturated carbocycles.